The van der Waals surface area contributed by atoms with Crippen molar-refractivity contribution >= 4 is 21.6 Å². The van der Waals surface area contributed by atoms with Crippen LogP contribution in [0.3, 0.4) is 0 Å². The van der Waals surface area contributed by atoms with Gasteiger partial charge in [0.05, 0.1) is 17.9 Å². The van der Waals surface area contributed by atoms with Crippen molar-refractivity contribution in [3.05, 3.63) is 90.0 Å². The lowest BCUT2D eigenvalue weighted by molar-refractivity contribution is -0.129. The normalized spacial score (nSPS) is 11.1. The van der Waals surface area contributed by atoms with E-state index in [1.165, 1.54) is 29.2 Å². The first-order chi connectivity index (χ1) is 15.2. The number of likely N-dealkylation sites (N-methyl/N-ethyl adjacent to an activating group) is 1. The number of anilines is 1. The van der Waals surface area contributed by atoms with Gasteiger partial charge >= 0.3 is 0 Å². The highest BCUT2D eigenvalue weighted by atomic mass is 32.2. The maximum Gasteiger partial charge on any atom is 0.261 e. The minimum Gasteiger partial charge on any atom is -0.489 e. The Kier molecular flexibility index (Phi) is 7.42. The zero-order valence-corrected chi connectivity index (χ0v) is 18.1. The second-order valence-electron chi connectivity index (χ2n) is 7.03. The summed E-state index contributed by atoms with van der Waals surface area (Å²) >= 11 is 0. The molecule has 0 spiro atoms. The predicted molar refractivity (Wildman–Crippen MR) is 117 cm³/mol. The molecule has 3 aromatic rings. The number of nitrogens with zero attached hydrogens (tertiary/aromatic N) is 1. The Morgan fingerprint density at radius 3 is 2.28 bits per heavy atom. The molecule has 32 heavy (non-hydrogen) atoms. The Hall–Kier alpha value is -3.46. The summed E-state index contributed by atoms with van der Waals surface area (Å²) in [5.41, 5.74) is 1.01. The molecule has 0 aliphatic rings. The van der Waals surface area contributed by atoms with E-state index in [9.17, 15) is 22.0 Å². The smallest absolute Gasteiger partial charge is 0.261 e. The van der Waals surface area contributed by atoms with Gasteiger partial charge in [0, 0.05) is 12.7 Å². The van der Waals surface area contributed by atoms with E-state index >= 15 is 0 Å². The summed E-state index contributed by atoms with van der Waals surface area (Å²) in [5.74, 6) is -1.02. The standard InChI is InChI=1S/C23H22F2N2O4S/c1-27(14-15-31-22-5-3-2-4-21(22)25)23(28)16-17-6-10-19(11-7-17)26-32(29,30)20-12-8-18(24)9-13-20/h2-13,26H,14-16H2,1H3. The number of carbonyl (C=O) groups is 1. The van der Waals surface area contributed by atoms with Crippen molar-refractivity contribution in [3.8, 4) is 5.75 Å². The molecular formula is C23H22F2N2O4S. The van der Waals surface area contributed by atoms with E-state index in [-0.39, 0.29) is 36.1 Å². The average molecular weight is 461 g/mol. The summed E-state index contributed by atoms with van der Waals surface area (Å²) in [5, 5.41) is 0. The minimum absolute atomic E-state index is 0.0580. The number of amides is 1. The van der Waals surface area contributed by atoms with Crippen LogP contribution in [0.25, 0.3) is 0 Å². The largest absolute Gasteiger partial charge is 0.489 e. The van der Waals surface area contributed by atoms with Crippen LogP contribution in [0.15, 0.2) is 77.7 Å². The molecule has 0 radical (unpaired) electrons. The van der Waals surface area contributed by atoms with Crippen molar-refractivity contribution in [3.63, 3.8) is 0 Å². The molecule has 0 unspecified atom stereocenters. The molecule has 0 bridgehead atoms. The van der Waals surface area contributed by atoms with Crippen molar-refractivity contribution in [2.24, 2.45) is 0 Å². The summed E-state index contributed by atoms with van der Waals surface area (Å²) in [6, 6.07) is 16.9. The zero-order chi connectivity index (χ0) is 23.1. The molecule has 0 aliphatic heterocycles. The van der Waals surface area contributed by atoms with Crippen LogP contribution < -0.4 is 9.46 Å². The Balaban J connectivity index is 1.51. The van der Waals surface area contributed by atoms with Gasteiger partial charge in [0.1, 0.15) is 12.4 Å². The molecule has 9 heteroatoms. The lowest BCUT2D eigenvalue weighted by atomic mass is 10.1. The van der Waals surface area contributed by atoms with Crippen molar-refractivity contribution in [2.75, 3.05) is 24.9 Å². The number of hydrogen-bond donors (Lipinski definition) is 1. The molecule has 0 heterocycles. The Morgan fingerprint density at radius 2 is 1.62 bits per heavy atom. The summed E-state index contributed by atoms with van der Waals surface area (Å²) < 4.78 is 59.0. The summed E-state index contributed by atoms with van der Waals surface area (Å²) in [7, 11) is -2.22. The SMILES string of the molecule is CN(CCOc1ccccc1F)C(=O)Cc1ccc(NS(=O)(=O)c2ccc(F)cc2)cc1. The van der Waals surface area contributed by atoms with E-state index in [0.717, 1.165) is 12.1 Å². The van der Waals surface area contributed by atoms with E-state index in [1.807, 2.05) is 0 Å². The molecular weight excluding hydrogens is 438 g/mol. The van der Waals surface area contributed by atoms with Crippen LogP contribution in [-0.2, 0) is 21.2 Å². The van der Waals surface area contributed by atoms with Crippen LogP contribution in [0.2, 0.25) is 0 Å². The van der Waals surface area contributed by atoms with E-state index in [4.69, 9.17) is 4.74 Å². The molecule has 0 aliphatic carbocycles. The molecule has 0 atom stereocenters. The monoisotopic (exact) mass is 460 g/mol. The van der Waals surface area contributed by atoms with Crippen LogP contribution >= 0.6 is 0 Å². The fraction of sp³-hybridized carbons (Fsp3) is 0.174. The quantitative estimate of drug-likeness (QED) is 0.526. The van der Waals surface area contributed by atoms with Gasteiger partial charge < -0.3 is 9.64 Å². The van der Waals surface area contributed by atoms with Gasteiger partial charge in [-0.3, -0.25) is 9.52 Å². The number of halogens is 2. The maximum absolute atomic E-state index is 13.5. The molecule has 3 aromatic carbocycles. The number of rotatable bonds is 9. The second-order valence-corrected chi connectivity index (χ2v) is 8.71. The number of para-hydroxylation sites is 1. The van der Waals surface area contributed by atoms with Gasteiger partial charge in [-0.05, 0) is 54.1 Å². The van der Waals surface area contributed by atoms with Crippen molar-refractivity contribution in [1.29, 1.82) is 0 Å². The molecule has 0 saturated carbocycles. The maximum atomic E-state index is 13.5. The van der Waals surface area contributed by atoms with Gasteiger partial charge in [0.2, 0.25) is 5.91 Å². The molecule has 0 saturated heterocycles. The highest BCUT2D eigenvalue weighted by Gasteiger charge is 2.15. The van der Waals surface area contributed by atoms with Crippen LogP contribution in [0.5, 0.6) is 5.75 Å². The summed E-state index contributed by atoms with van der Waals surface area (Å²) in [6.45, 7) is 0.427. The number of hydrogen-bond acceptors (Lipinski definition) is 4. The fourth-order valence-electron chi connectivity index (χ4n) is 2.81. The molecule has 0 aromatic heterocycles. The van der Waals surface area contributed by atoms with Gasteiger partial charge in [0.25, 0.3) is 10.0 Å². The molecule has 0 fully saturated rings. The van der Waals surface area contributed by atoms with Crippen molar-refractivity contribution in [1.82, 2.24) is 4.90 Å². The molecule has 6 nitrogen and oxygen atoms in total. The molecule has 1 N–H and O–H groups in total. The number of ether oxygens (including phenoxy) is 1. The van der Waals surface area contributed by atoms with Crippen LogP contribution in [0.4, 0.5) is 14.5 Å². The van der Waals surface area contributed by atoms with Crippen LogP contribution in [0, 0.1) is 11.6 Å². The Labute approximate surface area is 185 Å². The number of sulfonamides is 1. The first-order valence-electron chi connectivity index (χ1n) is 9.73. The van der Waals surface area contributed by atoms with E-state index < -0.39 is 21.7 Å². The first kappa shape index (κ1) is 23.2. The Bertz CT molecular complexity index is 1170. The molecule has 3 rings (SSSR count). The summed E-state index contributed by atoms with van der Waals surface area (Å²) in [4.78, 5) is 13.8. The van der Waals surface area contributed by atoms with E-state index in [2.05, 4.69) is 4.72 Å². The minimum atomic E-state index is -3.85. The number of nitrogens with one attached hydrogen (secondary N) is 1. The first-order valence-corrected chi connectivity index (χ1v) is 11.2. The Morgan fingerprint density at radius 1 is 0.969 bits per heavy atom. The van der Waals surface area contributed by atoms with E-state index in [1.54, 1.807) is 43.4 Å². The predicted octanol–water partition coefficient (Wildman–Crippen LogP) is 3.85. The lowest BCUT2D eigenvalue weighted by Gasteiger charge is -2.18. The van der Waals surface area contributed by atoms with E-state index in [0.29, 0.717) is 11.3 Å². The van der Waals surface area contributed by atoms with Gasteiger partial charge in [-0.25, -0.2) is 17.2 Å². The number of carbonyl (C=O) groups excluding carboxylic acids is 1. The van der Waals surface area contributed by atoms with Crippen LogP contribution in [0.1, 0.15) is 5.56 Å². The van der Waals surface area contributed by atoms with Crippen LogP contribution in [-0.4, -0.2) is 39.4 Å². The third kappa shape index (κ3) is 6.27. The average Bonchev–Trinajstić information content (AvgIpc) is 2.76. The van der Waals surface area contributed by atoms with Gasteiger partial charge in [-0.2, -0.15) is 0 Å². The third-order valence-electron chi connectivity index (χ3n) is 4.63. The van der Waals surface area contributed by atoms with Gasteiger partial charge in [-0.15, -0.1) is 0 Å². The van der Waals surface area contributed by atoms with Crippen molar-refractivity contribution in [2.45, 2.75) is 11.3 Å². The second kappa shape index (κ2) is 10.2. The summed E-state index contributed by atoms with van der Waals surface area (Å²) in [6.07, 6.45) is 0.112. The third-order valence-corrected chi connectivity index (χ3v) is 6.03. The van der Waals surface area contributed by atoms with Crippen molar-refractivity contribution < 1.29 is 26.7 Å². The highest BCUT2D eigenvalue weighted by molar-refractivity contribution is 7.92. The molecule has 168 valence electrons. The number of benzene rings is 3. The highest BCUT2D eigenvalue weighted by Crippen LogP contribution is 2.18. The molecule has 1 amide bonds. The zero-order valence-electron chi connectivity index (χ0n) is 17.3. The fourth-order valence-corrected chi connectivity index (χ4v) is 3.87. The lowest BCUT2D eigenvalue weighted by Crippen LogP contribution is -2.32. The van der Waals surface area contributed by atoms with Gasteiger partial charge in [-0.1, -0.05) is 24.3 Å². The topological polar surface area (TPSA) is 75.7 Å². The van der Waals surface area contributed by atoms with Gasteiger partial charge in [0.15, 0.2) is 11.6 Å².